The molecule has 0 aliphatic carbocycles. The summed E-state index contributed by atoms with van der Waals surface area (Å²) >= 11 is 0. The van der Waals surface area contributed by atoms with E-state index < -0.39 is 12.0 Å². The summed E-state index contributed by atoms with van der Waals surface area (Å²) < 4.78 is 0. The van der Waals surface area contributed by atoms with E-state index in [0.29, 0.717) is 0 Å². The number of rotatable bonds is 3. The Hall–Kier alpha value is -1.58. The topological polar surface area (TPSA) is 66.6 Å². The van der Waals surface area contributed by atoms with Crippen LogP contribution in [0, 0.1) is 0 Å². The van der Waals surface area contributed by atoms with Crippen molar-refractivity contribution in [3.8, 4) is 0 Å². The predicted molar refractivity (Wildman–Crippen MR) is 59.3 cm³/mol. The Morgan fingerprint density at radius 2 is 2.18 bits per heavy atom. The van der Waals surface area contributed by atoms with Crippen LogP contribution in [0.1, 0.15) is 12.5 Å². The normalized spacial score (nSPS) is 12.5. The van der Waals surface area contributed by atoms with E-state index in [4.69, 9.17) is 0 Å². The molecule has 17 heavy (non-hydrogen) atoms. The molecule has 0 aliphatic heterocycles. The maximum Gasteiger partial charge on any atom is 2.00 e. The summed E-state index contributed by atoms with van der Waals surface area (Å²) in [4.78, 5) is 18.6. The van der Waals surface area contributed by atoms with Crippen molar-refractivity contribution in [2.24, 2.45) is 4.99 Å². The van der Waals surface area contributed by atoms with E-state index >= 15 is 0 Å². The first-order valence-corrected chi connectivity index (χ1v) is 4.93. The van der Waals surface area contributed by atoms with Crippen LogP contribution in [0.4, 0.5) is 0 Å². The molecule has 0 amide bonds. The fraction of sp³-hybridized carbons (Fsp3) is 0.167. The van der Waals surface area contributed by atoms with Crippen molar-refractivity contribution in [1.82, 2.24) is 4.98 Å². The van der Waals surface area contributed by atoms with E-state index in [1.165, 1.54) is 13.1 Å². The van der Waals surface area contributed by atoms with Crippen molar-refractivity contribution < 1.29 is 27.0 Å². The van der Waals surface area contributed by atoms with Crippen LogP contribution in [-0.2, 0) is 21.9 Å². The second kappa shape index (κ2) is 5.66. The Balaban J connectivity index is 0.00000144. The average Bonchev–Trinajstić information content (AvgIpc) is 2.69. The molecule has 5 heteroatoms. The molecule has 1 unspecified atom stereocenters. The van der Waals surface area contributed by atoms with Crippen LogP contribution >= 0.6 is 0 Å². The fourth-order valence-electron chi connectivity index (χ4n) is 1.39. The Morgan fingerprint density at radius 1 is 1.47 bits per heavy atom. The summed E-state index contributed by atoms with van der Waals surface area (Å²) in [5, 5.41) is 11.5. The molecule has 4 nitrogen and oxygen atoms in total. The minimum Gasteiger partial charge on any atom is -0.663 e. The van der Waals surface area contributed by atoms with Crippen molar-refractivity contribution in [3.05, 3.63) is 36.0 Å². The van der Waals surface area contributed by atoms with Gasteiger partial charge in [-0.3, -0.25) is 4.99 Å². The van der Waals surface area contributed by atoms with E-state index in [9.17, 15) is 9.90 Å². The zero-order valence-electron chi connectivity index (χ0n) is 9.05. The number of para-hydroxylation sites is 1. The minimum absolute atomic E-state index is 0. The SMILES string of the molecule is CC(N=Cc1c[n-]c2ccccc12)C(=O)[O-].[Cu+2]. The summed E-state index contributed by atoms with van der Waals surface area (Å²) in [7, 11) is 0. The van der Waals surface area contributed by atoms with Gasteiger partial charge in [0.25, 0.3) is 0 Å². The molecule has 1 radical (unpaired) electrons. The summed E-state index contributed by atoms with van der Waals surface area (Å²) in [6.07, 6.45) is 3.20. The Morgan fingerprint density at radius 3 is 2.88 bits per heavy atom. The molecule has 0 aliphatic rings. The molecule has 1 aromatic carbocycles. The number of aliphatic carboxylic acids is 1. The quantitative estimate of drug-likeness (QED) is 0.601. The molecule has 0 saturated carbocycles. The van der Waals surface area contributed by atoms with Crippen molar-refractivity contribution in [3.63, 3.8) is 0 Å². The van der Waals surface area contributed by atoms with Gasteiger partial charge in [0.2, 0.25) is 0 Å². The van der Waals surface area contributed by atoms with E-state index in [2.05, 4.69) is 9.98 Å². The molecule has 2 aromatic rings. The zero-order valence-corrected chi connectivity index (χ0v) is 10.00. The Labute approximate surface area is 109 Å². The van der Waals surface area contributed by atoms with Crippen LogP contribution in [0.5, 0.6) is 0 Å². The van der Waals surface area contributed by atoms with E-state index in [1.54, 1.807) is 6.20 Å². The Bertz CT molecular complexity index is 548. The molecule has 1 aromatic heterocycles. The summed E-state index contributed by atoms with van der Waals surface area (Å²) in [6.45, 7) is 1.48. The third-order valence-corrected chi connectivity index (χ3v) is 2.34. The van der Waals surface area contributed by atoms with Gasteiger partial charge in [-0.05, 0) is 17.9 Å². The van der Waals surface area contributed by atoms with Gasteiger partial charge in [-0.15, -0.1) is 5.52 Å². The number of hydrogen-bond acceptors (Lipinski definition) is 3. The van der Waals surface area contributed by atoms with Gasteiger partial charge in [0.15, 0.2) is 0 Å². The number of nitrogens with zero attached hydrogens (tertiary/aromatic N) is 2. The van der Waals surface area contributed by atoms with Crippen LogP contribution in [0.25, 0.3) is 10.9 Å². The number of carboxylic acid groups (broad SMARTS) is 1. The van der Waals surface area contributed by atoms with E-state index in [1.807, 2.05) is 24.3 Å². The van der Waals surface area contributed by atoms with Crippen LogP contribution in [0.3, 0.4) is 0 Å². The molecule has 0 fully saturated rings. The molecule has 1 heterocycles. The number of carbonyl (C=O) groups is 1. The monoisotopic (exact) mass is 277 g/mol. The van der Waals surface area contributed by atoms with Gasteiger partial charge in [-0.1, -0.05) is 24.3 Å². The second-order valence-corrected chi connectivity index (χ2v) is 3.50. The first-order chi connectivity index (χ1) is 7.68. The molecular formula is C12H10CuN2O2. The molecule has 91 valence electrons. The smallest absolute Gasteiger partial charge is 0.663 e. The summed E-state index contributed by atoms with van der Waals surface area (Å²) in [5.74, 6) is -1.18. The number of carbonyl (C=O) groups excluding carboxylic acids is 1. The summed E-state index contributed by atoms with van der Waals surface area (Å²) in [6, 6.07) is 6.79. The van der Waals surface area contributed by atoms with Gasteiger partial charge < -0.3 is 14.9 Å². The van der Waals surface area contributed by atoms with Crippen LogP contribution in [0.15, 0.2) is 35.5 Å². The molecule has 0 bridgehead atoms. The fourth-order valence-corrected chi connectivity index (χ4v) is 1.39. The average molecular weight is 278 g/mol. The van der Waals surface area contributed by atoms with Crippen LogP contribution in [0.2, 0.25) is 0 Å². The minimum atomic E-state index is -1.18. The van der Waals surface area contributed by atoms with Crippen molar-refractivity contribution in [2.75, 3.05) is 0 Å². The maximum atomic E-state index is 10.5. The molecule has 1 atom stereocenters. The van der Waals surface area contributed by atoms with Gasteiger partial charge in [0, 0.05) is 6.21 Å². The predicted octanol–water partition coefficient (Wildman–Crippen LogP) is 0.352. The third kappa shape index (κ3) is 2.96. The van der Waals surface area contributed by atoms with Gasteiger partial charge in [0.1, 0.15) is 0 Å². The van der Waals surface area contributed by atoms with E-state index in [0.717, 1.165) is 16.5 Å². The van der Waals surface area contributed by atoms with Gasteiger partial charge >= 0.3 is 17.1 Å². The first-order valence-electron chi connectivity index (χ1n) is 4.93. The number of aliphatic imine (C=N–C) groups is 1. The largest absolute Gasteiger partial charge is 2.00 e. The number of aromatic nitrogens is 1. The van der Waals surface area contributed by atoms with Gasteiger partial charge in [-0.2, -0.15) is 6.20 Å². The number of fused-ring (bicyclic) bond motifs is 1. The molecular weight excluding hydrogens is 268 g/mol. The van der Waals surface area contributed by atoms with Crippen molar-refractivity contribution in [2.45, 2.75) is 13.0 Å². The van der Waals surface area contributed by atoms with Gasteiger partial charge in [-0.25, -0.2) is 0 Å². The molecule has 0 spiro atoms. The standard InChI is InChI=1S/C12H12N2O2.Cu/c1-8(12(15)16)13-6-9-7-14-11-5-3-2-4-10(9)11;/h2-8H,1H3,(H2,13,14,15,16);/q;+2/p-2. The third-order valence-electron chi connectivity index (χ3n) is 2.34. The molecule has 2 rings (SSSR count). The second-order valence-electron chi connectivity index (χ2n) is 3.50. The number of benzene rings is 1. The maximum absolute atomic E-state index is 10.5. The van der Waals surface area contributed by atoms with E-state index in [-0.39, 0.29) is 17.1 Å². The van der Waals surface area contributed by atoms with Crippen molar-refractivity contribution in [1.29, 1.82) is 0 Å². The van der Waals surface area contributed by atoms with Crippen LogP contribution in [-0.4, -0.2) is 18.2 Å². The molecule has 0 N–H and O–H groups in total. The number of hydrogen-bond donors (Lipinski definition) is 0. The number of carboxylic acids is 1. The Kier molecular flexibility index (Phi) is 4.49. The molecule has 0 saturated heterocycles. The van der Waals surface area contributed by atoms with Crippen molar-refractivity contribution >= 4 is 23.1 Å². The first kappa shape index (κ1) is 13.5. The van der Waals surface area contributed by atoms with Crippen LogP contribution < -0.4 is 10.1 Å². The summed E-state index contributed by atoms with van der Waals surface area (Å²) in [5.41, 5.74) is 1.70. The zero-order chi connectivity index (χ0) is 11.5. The van der Waals surface area contributed by atoms with Gasteiger partial charge in [0.05, 0.1) is 12.0 Å².